The summed E-state index contributed by atoms with van der Waals surface area (Å²) in [6.45, 7) is 8.76. The summed E-state index contributed by atoms with van der Waals surface area (Å²) < 4.78 is 0. The third kappa shape index (κ3) is 8.56. The fourth-order valence-corrected chi connectivity index (χ4v) is 6.41. The summed E-state index contributed by atoms with van der Waals surface area (Å²) in [5.74, 6) is 0.457. The maximum atomic E-state index is 5.28. The van der Waals surface area contributed by atoms with Crippen LogP contribution in [0.4, 0.5) is 0 Å². The van der Waals surface area contributed by atoms with Crippen LogP contribution in [0.15, 0.2) is 158 Å². The van der Waals surface area contributed by atoms with Crippen molar-refractivity contribution in [3.8, 4) is 0 Å². The summed E-state index contributed by atoms with van der Waals surface area (Å²) in [6.07, 6.45) is 7.44. The fourth-order valence-electron chi connectivity index (χ4n) is 6.41. The Morgan fingerprint density at radius 2 is 0.787 bits per heavy atom. The molecule has 0 saturated heterocycles. The maximum Gasteiger partial charge on any atom is 4.00 e. The number of fused-ring (bicyclic) bond motifs is 1. The molecule has 0 N–H and O–H groups in total. The predicted octanol–water partition coefficient (Wildman–Crippen LogP) is 9.69. The zero-order valence-electron chi connectivity index (χ0n) is 26.4. The molecule has 3 aliphatic carbocycles. The van der Waals surface area contributed by atoms with Gasteiger partial charge in [0.25, 0.3) is 0 Å². The Hall–Kier alpha value is -4.28. The molecule has 0 aliphatic heterocycles. The molecule has 0 fully saturated rings. The van der Waals surface area contributed by atoms with Crippen LogP contribution in [0.5, 0.6) is 0 Å². The molecule has 47 heavy (non-hydrogen) atoms. The summed E-state index contributed by atoms with van der Waals surface area (Å²) in [4.78, 5) is 8.55. The van der Waals surface area contributed by atoms with E-state index < -0.39 is 0 Å². The van der Waals surface area contributed by atoms with E-state index in [4.69, 9.17) is 10.6 Å². The van der Waals surface area contributed by atoms with E-state index in [1.807, 2.05) is 97.6 Å². The van der Waals surface area contributed by atoms with Gasteiger partial charge in [0.2, 0.25) is 0 Å². The minimum Gasteiger partial charge on any atom is -0.656 e. The molecule has 0 amide bonds. The molecule has 0 radical (unpaired) electrons. The molecule has 2 bridgehead atoms. The topological polar surface area (TPSA) is 54.0 Å². The molecule has 4 nitrogen and oxygen atoms in total. The quantitative estimate of drug-likeness (QED) is 0.164. The average Bonchev–Trinajstić information content (AvgIpc) is 3.12. The van der Waals surface area contributed by atoms with Gasteiger partial charge in [-0.05, 0) is 46.2 Å². The summed E-state index contributed by atoms with van der Waals surface area (Å²) >= 11 is 0. The van der Waals surface area contributed by atoms with Crippen LogP contribution in [0.25, 0.3) is 10.6 Å². The van der Waals surface area contributed by atoms with Gasteiger partial charge in [-0.2, -0.15) is 49.2 Å². The van der Waals surface area contributed by atoms with Crippen LogP contribution in [0.2, 0.25) is 0 Å². The zero-order chi connectivity index (χ0) is 31.6. The zero-order valence-corrected chi connectivity index (χ0v) is 28.9. The third-order valence-electron chi connectivity index (χ3n) is 8.47. The number of nitrogens with zero attached hydrogens (tertiary/aromatic N) is 4. The minimum absolute atomic E-state index is 0. The Kier molecular flexibility index (Phi) is 12.4. The molecule has 0 saturated carbocycles. The van der Waals surface area contributed by atoms with Crippen molar-refractivity contribution >= 4 is 0 Å². The van der Waals surface area contributed by atoms with Crippen LogP contribution in [0.1, 0.15) is 56.3 Å². The van der Waals surface area contributed by atoms with E-state index in [1.54, 1.807) is 0 Å². The first kappa shape index (κ1) is 34.1. The Bertz CT molecular complexity index is 1600. The fraction of sp³-hybridized carbons (Fsp3) is 0.143. The van der Waals surface area contributed by atoms with Crippen LogP contribution in [0, 0.1) is 13.8 Å². The van der Waals surface area contributed by atoms with E-state index in [-0.39, 0.29) is 50.1 Å². The first-order valence-corrected chi connectivity index (χ1v) is 15.7. The Balaban J connectivity index is 0.000000239. The molecule has 3 aliphatic rings. The molecule has 2 atom stereocenters. The van der Waals surface area contributed by atoms with Crippen molar-refractivity contribution in [1.82, 2.24) is 9.97 Å². The van der Waals surface area contributed by atoms with Gasteiger partial charge in [-0.15, -0.1) is 49.4 Å². The SMILES string of the molecule is [CH2-]c1ccccc1.[CH2-]c1ccccc1.[Zr+4].c1cncc(C[N-][C@@H]2C3c4ccccc4C(c4ccccc43)[C@H]2[N-]Cc2cccnc2)c1. The molecule has 2 aromatic heterocycles. The van der Waals surface area contributed by atoms with Crippen molar-refractivity contribution in [2.75, 3.05) is 0 Å². The molecule has 230 valence electrons. The van der Waals surface area contributed by atoms with Gasteiger partial charge in [0, 0.05) is 24.8 Å². The van der Waals surface area contributed by atoms with Gasteiger partial charge in [0.15, 0.2) is 0 Å². The van der Waals surface area contributed by atoms with E-state index >= 15 is 0 Å². The second-order valence-corrected chi connectivity index (χ2v) is 11.6. The van der Waals surface area contributed by atoms with Crippen LogP contribution in [0.3, 0.4) is 0 Å². The largest absolute Gasteiger partial charge is 4.00 e. The second kappa shape index (κ2) is 17.0. The first-order valence-electron chi connectivity index (χ1n) is 15.7. The summed E-state index contributed by atoms with van der Waals surface area (Å²) in [7, 11) is 0. The van der Waals surface area contributed by atoms with Gasteiger partial charge in [-0.1, -0.05) is 83.9 Å². The Labute approximate surface area is 298 Å². The van der Waals surface area contributed by atoms with E-state index in [0.717, 1.165) is 22.3 Å². The van der Waals surface area contributed by atoms with Crippen LogP contribution < -0.4 is 0 Å². The predicted molar refractivity (Wildman–Crippen MR) is 189 cm³/mol. The van der Waals surface area contributed by atoms with Crippen LogP contribution >= 0.6 is 0 Å². The Morgan fingerprint density at radius 3 is 1.06 bits per heavy atom. The first-order chi connectivity index (χ1) is 22.7. The third-order valence-corrected chi connectivity index (χ3v) is 8.47. The summed E-state index contributed by atoms with van der Waals surface area (Å²) in [5, 5.41) is 10.6. The van der Waals surface area contributed by atoms with Gasteiger partial charge in [-0.25, -0.2) is 0 Å². The van der Waals surface area contributed by atoms with Crippen molar-refractivity contribution in [2.24, 2.45) is 0 Å². The normalized spacial score (nSPS) is 18.1. The number of hydrogen-bond donors (Lipinski definition) is 0. The second-order valence-electron chi connectivity index (χ2n) is 11.6. The van der Waals surface area contributed by atoms with Gasteiger partial charge in [0.1, 0.15) is 0 Å². The molecule has 0 spiro atoms. The molecule has 6 aromatic rings. The maximum absolute atomic E-state index is 5.28. The van der Waals surface area contributed by atoms with Crippen LogP contribution in [-0.2, 0) is 39.3 Å². The molecule has 4 aromatic carbocycles. The average molecular weight is 690 g/mol. The van der Waals surface area contributed by atoms with Crippen molar-refractivity contribution in [1.29, 1.82) is 0 Å². The van der Waals surface area contributed by atoms with Crippen molar-refractivity contribution in [2.45, 2.75) is 37.0 Å². The number of rotatable bonds is 6. The summed E-state index contributed by atoms with van der Waals surface area (Å²) in [6, 6.07) is 45.9. The van der Waals surface area contributed by atoms with Crippen molar-refractivity contribution in [3.63, 3.8) is 0 Å². The Morgan fingerprint density at radius 1 is 0.447 bits per heavy atom. The van der Waals surface area contributed by atoms with E-state index in [2.05, 4.69) is 84.5 Å². The van der Waals surface area contributed by atoms with E-state index in [9.17, 15) is 0 Å². The number of aromatic nitrogens is 2. The minimum atomic E-state index is 0. The molecular weight excluding hydrogens is 652 g/mol. The van der Waals surface area contributed by atoms with E-state index in [1.165, 1.54) is 22.3 Å². The van der Waals surface area contributed by atoms with Crippen molar-refractivity contribution in [3.05, 3.63) is 227 Å². The van der Waals surface area contributed by atoms with Gasteiger partial charge in [-0.3, -0.25) is 9.97 Å². The molecule has 9 rings (SSSR count). The van der Waals surface area contributed by atoms with Gasteiger partial charge >= 0.3 is 26.2 Å². The van der Waals surface area contributed by atoms with Gasteiger partial charge in [0.05, 0.1) is 0 Å². The van der Waals surface area contributed by atoms with Crippen LogP contribution in [-0.4, -0.2) is 22.1 Å². The molecule has 5 heteroatoms. The van der Waals surface area contributed by atoms with E-state index in [0.29, 0.717) is 13.1 Å². The smallest absolute Gasteiger partial charge is 0.656 e. The number of benzene rings is 4. The summed E-state index contributed by atoms with van der Waals surface area (Å²) in [5.41, 5.74) is 10.0. The van der Waals surface area contributed by atoms with Crippen molar-refractivity contribution < 1.29 is 26.2 Å². The van der Waals surface area contributed by atoms with Gasteiger partial charge < -0.3 is 10.6 Å². The molecule has 0 unspecified atom stereocenters. The number of pyridine rings is 2. The standard InChI is InChI=1S/C28H24N4.2C7H7.Zr/c1-2-10-22-21(9-1)25-23-11-3-4-12-24(23)26(22)28(32-18-20-8-6-14-30-16-20)27(25)31-17-19-7-5-13-29-15-19;2*1-7-5-3-2-4-6-7;/h1-16,25-28H,17-18H2;2*2-6H,1H2;/q-2;2*-1;+4/t25?,26?,27-,28-;;;/m1.../s1. The monoisotopic (exact) mass is 688 g/mol. The molecule has 2 heterocycles. The molecular formula is C42H38N4Zr. The number of hydrogen-bond acceptors (Lipinski definition) is 2.